The Balaban J connectivity index is 1.53. The lowest BCUT2D eigenvalue weighted by Gasteiger charge is -2.29. The van der Waals surface area contributed by atoms with Gasteiger partial charge >= 0.3 is 0 Å². The molecular formula is C21H21Br2N3O3. The van der Waals surface area contributed by atoms with Gasteiger partial charge in [0.05, 0.1) is 17.5 Å². The van der Waals surface area contributed by atoms with Gasteiger partial charge in [0.25, 0.3) is 5.91 Å². The smallest absolute Gasteiger partial charge is 0.270 e. The van der Waals surface area contributed by atoms with Crippen LogP contribution in [0.4, 0.5) is 5.69 Å². The monoisotopic (exact) mass is 521 g/mol. The van der Waals surface area contributed by atoms with E-state index in [9.17, 15) is 14.4 Å². The van der Waals surface area contributed by atoms with E-state index in [0.717, 1.165) is 11.4 Å². The Morgan fingerprint density at radius 1 is 0.897 bits per heavy atom. The molecule has 0 spiro atoms. The summed E-state index contributed by atoms with van der Waals surface area (Å²) in [4.78, 5) is 40.0. The van der Waals surface area contributed by atoms with E-state index in [0.29, 0.717) is 24.1 Å². The van der Waals surface area contributed by atoms with E-state index in [1.165, 1.54) is 4.90 Å². The van der Waals surface area contributed by atoms with Crippen LogP contribution in [0.3, 0.4) is 0 Å². The number of nitrogens with one attached hydrogen (secondary N) is 1. The van der Waals surface area contributed by atoms with Crippen LogP contribution in [-0.2, 0) is 9.59 Å². The summed E-state index contributed by atoms with van der Waals surface area (Å²) < 4.78 is 1.72. The fraction of sp³-hybridized carbons (Fsp3) is 0.381. The number of halogens is 2. The molecule has 4 rings (SSSR count). The molecule has 3 amide bonds. The van der Waals surface area contributed by atoms with Crippen molar-refractivity contribution in [3.05, 3.63) is 53.3 Å². The highest BCUT2D eigenvalue weighted by Crippen LogP contribution is 2.44. The van der Waals surface area contributed by atoms with Crippen LogP contribution in [0, 0.1) is 25.7 Å². The van der Waals surface area contributed by atoms with Gasteiger partial charge in [0.1, 0.15) is 0 Å². The second-order valence-electron chi connectivity index (χ2n) is 7.67. The number of anilines is 1. The number of carbonyl (C=O) groups excluding carboxylic acids is 3. The molecule has 152 valence electrons. The van der Waals surface area contributed by atoms with E-state index in [1.54, 1.807) is 28.9 Å². The van der Waals surface area contributed by atoms with Gasteiger partial charge in [-0.3, -0.25) is 29.4 Å². The number of carbonyl (C=O) groups is 3. The molecule has 0 unspecified atom stereocenters. The van der Waals surface area contributed by atoms with Gasteiger partial charge in [-0.15, -0.1) is 0 Å². The average Bonchev–Trinajstić information content (AvgIpc) is 3.13. The number of rotatable bonds is 3. The topological polar surface area (TPSA) is 71.4 Å². The lowest BCUT2D eigenvalue weighted by Crippen LogP contribution is -2.34. The lowest BCUT2D eigenvalue weighted by atomic mass is 9.81. The quantitative estimate of drug-likeness (QED) is 0.490. The fourth-order valence-electron chi connectivity index (χ4n) is 4.12. The average molecular weight is 523 g/mol. The van der Waals surface area contributed by atoms with Crippen molar-refractivity contribution in [1.82, 2.24) is 4.68 Å². The molecule has 29 heavy (non-hydrogen) atoms. The Hall–Kier alpha value is -1.93. The van der Waals surface area contributed by atoms with Gasteiger partial charge in [-0.2, -0.15) is 0 Å². The number of amides is 3. The molecule has 1 saturated heterocycles. The molecule has 0 radical (unpaired) electrons. The first-order valence-corrected chi connectivity index (χ1v) is 11.3. The maximum Gasteiger partial charge on any atom is 0.270 e. The molecule has 4 atom stereocenters. The molecule has 1 aliphatic heterocycles. The maximum atomic E-state index is 12.9. The van der Waals surface area contributed by atoms with Gasteiger partial charge in [-0.1, -0.05) is 31.9 Å². The Bertz CT molecular complexity index is 938. The molecule has 1 aromatic heterocycles. The normalized spacial score (nSPS) is 26.6. The minimum atomic E-state index is -0.289. The van der Waals surface area contributed by atoms with Crippen LogP contribution in [0.5, 0.6) is 0 Å². The summed E-state index contributed by atoms with van der Waals surface area (Å²) in [6, 6.07) is 10.5. The molecule has 1 saturated carbocycles. The van der Waals surface area contributed by atoms with Crippen molar-refractivity contribution in [2.45, 2.75) is 36.3 Å². The summed E-state index contributed by atoms with van der Waals surface area (Å²) in [7, 11) is 0. The molecule has 8 heteroatoms. The van der Waals surface area contributed by atoms with Crippen molar-refractivity contribution in [1.29, 1.82) is 0 Å². The minimum absolute atomic E-state index is 0.153. The third kappa shape index (κ3) is 3.57. The summed E-state index contributed by atoms with van der Waals surface area (Å²) in [6.07, 6.45) is 1.27. The highest BCUT2D eigenvalue weighted by molar-refractivity contribution is 9.12. The van der Waals surface area contributed by atoms with Gasteiger partial charge in [-0.05, 0) is 63.1 Å². The van der Waals surface area contributed by atoms with E-state index in [1.807, 2.05) is 26.0 Å². The first-order chi connectivity index (χ1) is 13.8. The lowest BCUT2D eigenvalue weighted by molar-refractivity contribution is -0.122. The van der Waals surface area contributed by atoms with Crippen LogP contribution in [0.15, 0.2) is 36.4 Å². The van der Waals surface area contributed by atoms with E-state index in [2.05, 4.69) is 37.3 Å². The van der Waals surface area contributed by atoms with Crippen molar-refractivity contribution >= 4 is 55.3 Å². The number of aryl methyl sites for hydroxylation is 2. The number of fused-ring (bicyclic) bond motifs is 1. The van der Waals surface area contributed by atoms with Gasteiger partial charge < -0.3 is 0 Å². The zero-order chi connectivity index (χ0) is 20.9. The van der Waals surface area contributed by atoms with E-state index < -0.39 is 0 Å². The van der Waals surface area contributed by atoms with Crippen LogP contribution in [0.25, 0.3) is 0 Å². The molecule has 1 N–H and O–H groups in total. The largest absolute Gasteiger partial charge is 0.274 e. The highest BCUT2D eigenvalue weighted by Gasteiger charge is 2.52. The van der Waals surface area contributed by atoms with Crippen molar-refractivity contribution in [2.75, 3.05) is 10.3 Å². The summed E-state index contributed by atoms with van der Waals surface area (Å²) in [6.45, 7) is 3.82. The van der Waals surface area contributed by atoms with Gasteiger partial charge in [0.2, 0.25) is 11.8 Å². The van der Waals surface area contributed by atoms with Gasteiger partial charge in [-0.25, -0.2) is 0 Å². The summed E-state index contributed by atoms with van der Waals surface area (Å²) in [5, 5.41) is 0. The van der Waals surface area contributed by atoms with Crippen LogP contribution in [-0.4, -0.2) is 32.1 Å². The molecule has 1 aliphatic carbocycles. The molecule has 2 aromatic rings. The van der Waals surface area contributed by atoms with E-state index in [4.69, 9.17) is 0 Å². The minimum Gasteiger partial charge on any atom is -0.274 e. The highest BCUT2D eigenvalue weighted by atomic mass is 79.9. The molecule has 6 nitrogen and oxygen atoms in total. The summed E-state index contributed by atoms with van der Waals surface area (Å²) in [5.74, 6) is -1.14. The predicted molar refractivity (Wildman–Crippen MR) is 118 cm³/mol. The summed E-state index contributed by atoms with van der Waals surface area (Å²) in [5.41, 5.74) is 5.68. The predicted octanol–water partition coefficient (Wildman–Crippen LogP) is 3.92. The van der Waals surface area contributed by atoms with Crippen LogP contribution in [0.1, 0.15) is 34.6 Å². The molecule has 1 aromatic carbocycles. The van der Waals surface area contributed by atoms with Gasteiger partial charge in [0.15, 0.2) is 0 Å². The van der Waals surface area contributed by atoms with Crippen LogP contribution < -0.4 is 10.3 Å². The van der Waals surface area contributed by atoms with Crippen molar-refractivity contribution < 1.29 is 14.4 Å². The number of aromatic nitrogens is 1. The second-order valence-corrected chi connectivity index (χ2v) is 10.0. The molecule has 0 bridgehead atoms. The standard InChI is InChI=1S/C21H21Br2N3O3/c1-11-3-4-12(2)26(11)24-19(27)13-5-7-14(8-6-13)25-20(28)15-9-17(22)18(23)10-16(15)21(25)29/h3-8,15-18H,9-10H2,1-2H3,(H,24,27)/t15-,16-,17-,18+/m1/s1. The number of hydrogen-bond acceptors (Lipinski definition) is 3. The first-order valence-electron chi connectivity index (χ1n) is 9.50. The second kappa shape index (κ2) is 7.72. The first kappa shape index (κ1) is 20.3. The summed E-state index contributed by atoms with van der Waals surface area (Å²) >= 11 is 7.20. The number of nitrogens with zero attached hydrogens (tertiary/aromatic N) is 2. The number of alkyl halides is 2. The van der Waals surface area contributed by atoms with Crippen LogP contribution >= 0.6 is 31.9 Å². The van der Waals surface area contributed by atoms with E-state index >= 15 is 0 Å². The Morgan fingerprint density at radius 3 is 1.86 bits per heavy atom. The number of hydrogen-bond donors (Lipinski definition) is 1. The molecule has 2 heterocycles. The third-order valence-corrected chi connectivity index (χ3v) is 8.52. The molecule has 2 fully saturated rings. The van der Waals surface area contributed by atoms with Crippen molar-refractivity contribution in [3.8, 4) is 0 Å². The van der Waals surface area contributed by atoms with Crippen molar-refractivity contribution in [3.63, 3.8) is 0 Å². The maximum absolute atomic E-state index is 12.9. The zero-order valence-corrected chi connectivity index (χ0v) is 19.2. The molecular weight excluding hydrogens is 502 g/mol. The fourth-order valence-corrected chi connectivity index (χ4v) is 5.36. The zero-order valence-electron chi connectivity index (χ0n) is 16.1. The Kier molecular flexibility index (Phi) is 5.42. The van der Waals surface area contributed by atoms with E-state index in [-0.39, 0.29) is 39.2 Å². The van der Waals surface area contributed by atoms with Crippen molar-refractivity contribution in [2.24, 2.45) is 11.8 Å². The Morgan fingerprint density at radius 2 is 1.38 bits per heavy atom. The number of benzene rings is 1. The molecule has 2 aliphatic rings. The number of imide groups is 1. The Labute approximate surface area is 185 Å². The van der Waals surface area contributed by atoms with Crippen LogP contribution in [0.2, 0.25) is 0 Å². The SMILES string of the molecule is Cc1ccc(C)n1NC(=O)c1ccc(N2C(=O)[C@@H]3C[C@@H](Br)[C@@H](Br)C[C@H]3C2=O)cc1. The third-order valence-electron chi connectivity index (χ3n) is 5.78. The van der Waals surface area contributed by atoms with Gasteiger partial charge in [0, 0.05) is 26.6 Å².